The lowest BCUT2D eigenvalue weighted by Crippen LogP contribution is -2.28. The van der Waals surface area contributed by atoms with Crippen molar-refractivity contribution in [2.45, 2.75) is 26.3 Å². The number of carbonyl (C=O) groups is 1. The fourth-order valence-electron chi connectivity index (χ4n) is 2.28. The molecule has 0 saturated carbocycles. The molecule has 3 rings (SSSR count). The van der Waals surface area contributed by atoms with E-state index < -0.39 is 0 Å². The van der Waals surface area contributed by atoms with E-state index in [0.29, 0.717) is 18.2 Å². The van der Waals surface area contributed by atoms with Gasteiger partial charge < -0.3 is 4.90 Å². The molecule has 0 N–H and O–H groups in total. The van der Waals surface area contributed by atoms with Gasteiger partial charge in [0.1, 0.15) is 5.69 Å². The molecule has 0 aliphatic carbocycles. The van der Waals surface area contributed by atoms with Crippen molar-refractivity contribution in [1.82, 2.24) is 19.5 Å². The summed E-state index contributed by atoms with van der Waals surface area (Å²) in [5, 5.41) is 7.34. The zero-order valence-electron chi connectivity index (χ0n) is 12.9. The number of pyridine rings is 1. The van der Waals surface area contributed by atoms with E-state index in [1.807, 2.05) is 23.6 Å². The zero-order valence-corrected chi connectivity index (χ0v) is 13.7. The van der Waals surface area contributed by atoms with Gasteiger partial charge in [0.25, 0.3) is 5.91 Å². The smallest absolute Gasteiger partial charge is 0.272 e. The largest absolute Gasteiger partial charge is 0.334 e. The molecule has 0 aliphatic rings. The Hall–Kier alpha value is -2.21. The average molecular weight is 314 g/mol. The Balaban J connectivity index is 1.80. The summed E-state index contributed by atoms with van der Waals surface area (Å²) in [4.78, 5) is 18.9. The molecule has 0 aliphatic heterocycles. The quantitative estimate of drug-likeness (QED) is 0.743. The monoisotopic (exact) mass is 314 g/mol. The predicted octanol–water partition coefficient (Wildman–Crippen LogP) is 3.19. The van der Waals surface area contributed by atoms with Crippen molar-refractivity contribution >= 4 is 22.8 Å². The third-order valence-corrected chi connectivity index (χ3v) is 4.64. The Bertz CT molecular complexity index is 805. The molecule has 0 radical (unpaired) electrons. The van der Waals surface area contributed by atoms with E-state index in [4.69, 9.17) is 0 Å². The van der Waals surface area contributed by atoms with Gasteiger partial charge >= 0.3 is 0 Å². The molecule has 0 atom stereocenters. The van der Waals surface area contributed by atoms with Gasteiger partial charge in [0.05, 0.1) is 29.0 Å². The average Bonchev–Trinajstić information content (AvgIpc) is 3.14. The standard InChI is InChI=1S/C16H18N4OS/c1-11(2)15-18-12(10-22-15)9-19(3)16(21)14-6-4-5-13-7-8-17-20(13)14/h4-8,10-11H,9H2,1-3H3. The molecule has 0 aromatic carbocycles. The minimum atomic E-state index is -0.0617. The van der Waals surface area contributed by atoms with Gasteiger partial charge in [0, 0.05) is 18.3 Å². The van der Waals surface area contributed by atoms with Crippen LogP contribution in [-0.2, 0) is 6.54 Å². The van der Waals surface area contributed by atoms with Gasteiger partial charge in [0.2, 0.25) is 0 Å². The second-order valence-corrected chi connectivity index (χ2v) is 6.46. The maximum atomic E-state index is 12.6. The molecule has 6 heteroatoms. The van der Waals surface area contributed by atoms with Crippen LogP contribution in [0.4, 0.5) is 0 Å². The fourth-order valence-corrected chi connectivity index (χ4v) is 3.11. The molecule has 3 aromatic heterocycles. The number of nitrogens with zero attached hydrogens (tertiary/aromatic N) is 4. The Morgan fingerprint density at radius 2 is 2.18 bits per heavy atom. The Morgan fingerprint density at radius 3 is 2.91 bits per heavy atom. The minimum absolute atomic E-state index is 0.0617. The van der Waals surface area contributed by atoms with E-state index in [-0.39, 0.29) is 5.91 Å². The number of rotatable bonds is 4. The molecule has 1 amide bonds. The van der Waals surface area contributed by atoms with Crippen LogP contribution in [0.2, 0.25) is 0 Å². The van der Waals surface area contributed by atoms with Crippen molar-refractivity contribution in [2.75, 3.05) is 7.05 Å². The summed E-state index contributed by atoms with van der Waals surface area (Å²) in [5.41, 5.74) is 2.40. The van der Waals surface area contributed by atoms with Crippen LogP contribution in [0, 0.1) is 0 Å². The number of hydrogen-bond donors (Lipinski definition) is 0. The van der Waals surface area contributed by atoms with Crippen LogP contribution in [0.3, 0.4) is 0 Å². The van der Waals surface area contributed by atoms with Gasteiger partial charge in [-0.2, -0.15) is 5.10 Å². The second-order valence-electron chi connectivity index (χ2n) is 5.57. The summed E-state index contributed by atoms with van der Waals surface area (Å²) in [6, 6.07) is 7.47. The molecule has 0 saturated heterocycles. The van der Waals surface area contributed by atoms with Crippen molar-refractivity contribution in [2.24, 2.45) is 0 Å². The highest BCUT2D eigenvalue weighted by Crippen LogP contribution is 2.20. The molecule has 0 unspecified atom stereocenters. The first-order valence-electron chi connectivity index (χ1n) is 7.19. The molecule has 0 fully saturated rings. The SMILES string of the molecule is CC(C)c1nc(CN(C)C(=O)c2cccc3ccnn23)cs1. The number of carbonyl (C=O) groups excluding carboxylic acids is 1. The number of fused-ring (bicyclic) bond motifs is 1. The van der Waals surface area contributed by atoms with Gasteiger partial charge in [0.15, 0.2) is 0 Å². The van der Waals surface area contributed by atoms with Gasteiger partial charge in [-0.25, -0.2) is 9.50 Å². The van der Waals surface area contributed by atoms with E-state index in [2.05, 4.69) is 23.9 Å². The molecule has 22 heavy (non-hydrogen) atoms. The third-order valence-electron chi connectivity index (χ3n) is 3.45. The van der Waals surface area contributed by atoms with Crippen molar-refractivity contribution in [3.05, 3.63) is 52.2 Å². The van der Waals surface area contributed by atoms with Crippen molar-refractivity contribution in [3.8, 4) is 0 Å². The van der Waals surface area contributed by atoms with Crippen LogP contribution in [0.1, 0.15) is 41.0 Å². The predicted molar refractivity (Wildman–Crippen MR) is 87.2 cm³/mol. The Kier molecular flexibility index (Phi) is 3.94. The van der Waals surface area contributed by atoms with Gasteiger partial charge in [-0.15, -0.1) is 11.3 Å². The van der Waals surface area contributed by atoms with E-state index in [1.54, 1.807) is 40.1 Å². The summed E-state index contributed by atoms with van der Waals surface area (Å²) in [6.45, 7) is 4.74. The lowest BCUT2D eigenvalue weighted by atomic mass is 10.2. The Morgan fingerprint density at radius 1 is 1.36 bits per heavy atom. The first-order valence-corrected chi connectivity index (χ1v) is 8.06. The number of thiazole rings is 1. The molecular formula is C16H18N4OS. The number of hydrogen-bond acceptors (Lipinski definition) is 4. The summed E-state index contributed by atoms with van der Waals surface area (Å²) < 4.78 is 1.67. The summed E-state index contributed by atoms with van der Waals surface area (Å²) in [6.07, 6.45) is 1.70. The van der Waals surface area contributed by atoms with Crippen LogP contribution in [0.25, 0.3) is 5.52 Å². The van der Waals surface area contributed by atoms with Gasteiger partial charge in [-0.05, 0) is 18.2 Å². The highest BCUT2D eigenvalue weighted by atomic mass is 32.1. The minimum Gasteiger partial charge on any atom is -0.334 e. The molecule has 0 bridgehead atoms. The second kappa shape index (κ2) is 5.88. The van der Waals surface area contributed by atoms with E-state index in [1.165, 1.54) is 0 Å². The van der Waals surface area contributed by atoms with Crippen LogP contribution < -0.4 is 0 Å². The molecule has 5 nitrogen and oxygen atoms in total. The van der Waals surface area contributed by atoms with Crippen molar-refractivity contribution in [1.29, 1.82) is 0 Å². The first-order chi connectivity index (χ1) is 10.6. The normalized spacial score (nSPS) is 11.3. The summed E-state index contributed by atoms with van der Waals surface area (Å²) in [7, 11) is 1.79. The third kappa shape index (κ3) is 2.74. The number of amides is 1. The summed E-state index contributed by atoms with van der Waals surface area (Å²) in [5.74, 6) is 0.353. The zero-order chi connectivity index (χ0) is 15.7. The van der Waals surface area contributed by atoms with E-state index >= 15 is 0 Å². The Labute approximate surface area is 133 Å². The molecular weight excluding hydrogens is 296 g/mol. The van der Waals surface area contributed by atoms with Crippen LogP contribution in [0.5, 0.6) is 0 Å². The van der Waals surface area contributed by atoms with Gasteiger partial charge in [-0.3, -0.25) is 4.79 Å². The fraction of sp³-hybridized carbons (Fsp3) is 0.312. The van der Waals surface area contributed by atoms with Crippen LogP contribution in [-0.4, -0.2) is 32.5 Å². The molecule has 3 aromatic rings. The lowest BCUT2D eigenvalue weighted by Gasteiger charge is -2.16. The maximum Gasteiger partial charge on any atom is 0.272 e. The van der Waals surface area contributed by atoms with Crippen molar-refractivity contribution < 1.29 is 4.79 Å². The molecule has 114 valence electrons. The number of aromatic nitrogens is 3. The molecule has 3 heterocycles. The summed E-state index contributed by atoms with van der Waals surface area (Å²) >= 11 is 1.64. The first kappa shape index (κ1) is 14.7. The van der Waals surface area contributed by atoms with Crippen LogP contribution >= 0.6 is 11.3 Å². The van der Waals surface area contributed by atoms with Crippen molar-refractivity contribution in [3.63, 3.8) is 0 Å². The lowest BCUT2D eigenvalue weighted by molar-refractivity contribution is 0.0775. The van der Waals surface area contributed by atoms with Crippen LogP contribution in [0.15, 0.2) is 35.8 Å². The topological polar surface area (TPSA) is 50.5 Å². The van der Waals surface area contributed by atoms with Gasteiger partial charge in [-0.1, -0.05) is 19.9 Å². The highest BCUT2D eigenvalue weighted by molar-refractivity contribution is 7.09. The van der Waals surface area contributed by atoms with E-state index in [9.17, 15) is 4.79 Å². The maximum absolute atomic E-state index is 12.6. The van der Waals surface area contributed by atoms with E-state index in [0.717, 1.165) is 16.2 Å². The highest BCUT2D eigenvalue weighted by Gasteiger charge is 2.17. The molecule has 0 spiro atoms.